The molecule has 0 unspecified atom stereocenters. The van der Waals surface area contributed by atoms with Gasteiger partial charge in [0.2, 0.25) is 5.69 Å². The largest absolute Gasteiger partial charge is 0.464 e. The molecule has 0 aliphatic carbocycles. The van der Waals surface area contributed by atoms with Crippen LogP contribution in [0.15, 0.2) is 48.5 Å². The van der Waals surface area contributed by atoms with E-state index in [1.807, 2.05) is 36.4 Å². The molecule has 2 aromatic heterocycles. The van der Waals surface area contributed by atoms with E-state index in [1.54, 1.807) is 16.8 Å². The molecule has 0 saturated heterocycles. The number of hydrogen-bond donors (Lipinski definition) is 1. The summed E-state index contributed by atoms with van der Waals surface area (Å²) in [5.74, 6) is -0.0617. The minimum absolute atomic E-state index is 0.112. The van der Waals surface area contributed by atoms with Gasteiger partial charge in [-0.3, -0.25) is 0 Å². The summed E-state index contributed by atoms with van der Waals surface area (Å²) < 4.78 is 6.46. The van der Waals surface area contributed by atoms with E-state index in [4.69, 9.17) is 16.3 Å². The van der Waals surface area contributed by atoms with E-state index in [0.717, 1.165) is 16.6 Å². The lowest BCUT2D eigenvalue weighted by atomic mass is 10.2. The number of rotatable bonds is 4. The fraction of sp³-hybridized carbons (Fsp3) is 0.111. The third-order valence-corrected chi connectivity index (χ3v) is 4.23. The van der Waals surface area contributed by atoms with Crippen molar-refractivity contribution in [3.63, 3.8) is 0 Å². The van der Waals surface area contributed by atoms with Gasteiger partial charge in [0.05, 0.1) is 24.7 Å². The summed E-state index contributed by atoms with van der Waals surface area (Å²) in [6.45, 7) is 0.410. The van der Waals surface area contributed by atoms with E-state index in [9.17, 15) is 4.79 Å². The van der Waals surface area contributed by atoms with E-state index < -0.39 is 5.97 Å². The van der Waals surface area contributed by atoms with Crippen LogP contribution in [-0.4, -0.2) is 38.0 Å². The number of benzene rings is 2. The SMILES string of the molecule is COC(=O)c1nnn(Cc2ccc(Cl)cc2)c1-c1nc2ccccc2[nH]1. The Morgan fingerprint density at radius 1 is 1.19 bits per heavy atom. The molecule has 7 nitrogen and oxygen atoms in total. The molecule has 0 aliphatic rings. The van der Waals surface area contributed by atoms with Gasteiger partial charge in [-0.05, 0) is 29.8 Å². The molecule has 0 saturated carbocycles. The first kappa shape index (κ1) is 16.3. The summed E-state index contributed by atoms with van der Waals surface area (Å²) in [6.07, 6.45) is 0. The second-order valence-electron chi connectivity index (χ2n) is 5.66. The van der Waals surface area contributed by atoms with Crippen LogP contribution in [0.3, 0.4) is 0 Å². The van der Waals surface area contributed by atoms with Gasteiger partial charge in [-0.15, -0.1) is 5.10 Å². The van der Waals surface area contributed by atoms with Crippen LogP contribution < -0.4 is 0 Å². The number of nitrogens with one attached hydrogen (secondary N) is 1. The first-order valence-electron chi connectivity index (χ1n) is 7.87. The number of carbonyl (C=O) groups is 1. The molecule has 0 aliphatic heterocycles. The summed E-state index contributed by atoms with van der Waals surface area (Å²) in [5.41, 5.74) is 3.20. The van der Waals surface area contributed by atoms with Crippen molar-refractivity contribution in [1.29, 1.82) is 0 Å². The van der Waals surface area contributed by atoms with E-state index in [-0.39, 0.29) is 5.69 Å². The van der Waals surface area contributed by atoms with Gasteiger partial charge in [-0.25, -0.2) is 14.5 Å². The molecule has 0 fully saturated rings. The van der Waals surface area contributed by atoms with Crippen molar-refractivity contribution in [3.8, 4) is 11.5 Å². The van der Waals surface area contributed by atoms with Crippen LogP contribution in [0.25, 0.3) is 22.6 Å². The number of hydrogen-bond acceptors (Lipinski definition) is 5. The number of H-pyrrole nitrogens is 1. The van der Waals surface area contributed by atoms with E-state index in [2.05, 4.69) is 20.3 Å². The van der Waals surface area contributed by atoms with Gasteiger partial charge in [0.15, 0.2) is 5.82 Å². The highest BCUT2D eigenvalue weighted by Crippen LogP contribution is 2.24. The van der Waals surface area contributed by atoms with Gasteiger partial charge in [0, 0.05) is 5.02 Å². The maximum Gasteiger partial charge on any atom is 0.361 e. The third-order valence-electron chi connectivity index (χ3n) is 3.97. The molecular weight excluding hydrogens is 354 g/mol. The van der Waals surface area contributed by atoms with Crippen molar-refractivity contribution in [2.45, 2.75) is 6.54 Å². The molecule has 0 radical (unpaired) electrons. The Hall–Kier alpha value is -3.19. The molecular formula is C18H14ClN5O2. The number of halogens is 1. The van der Waals surface area contributed by atoms with Gasteiger partial charge in [0.1, 0.15) is 5.69 Å². The standard InChI is InChI=1S/C18H14ClN5O2/c1-26-18(25)15-16(17-20-13-4-2-3-5-14(13)21-17)24(23-22-15)10-11-6-8-12(19)9-7-11/h2-9H,10H2,1H3,(H,20,21). The average molecular weight is 368 g/mol. The monoisotopic (exact) mass is 367 g/mol. The molecule has 4 aromatic rings. The van der Waals surface area contributed by atoms with Crippen LogP contribution in [0.4, 0.5) is 0 Å². The Morgan fingerprint density at radius 3 is 2.69 bits per heavy atom. The van der Waals surface area contributed by atoms with Gasteiger partial charge in [-0.1, -0.05) is 41.1 Å². The van der Waals surface area contributed by atoms with Crippen molar-refractivity contribution < 1.29 is 9.53 Å². The first-order chi connectivity index (χ1) is 12.7. The zero-order valence-electron chi connectivity index (χ0n) is 13.8. The smallest absolute Gasteiger partial charge is 0.361 e. The Kier molecular flexibility index (Phi) is 4.14. The number of imidazole rings is 1. The van der Waals surface area contributed by atoms with Crippen molar-refractivity contribution in [2.24, 2.45) is 0 Å². The van der Waals surface area contributed by atoms with Gasteiger partial charge in [-0.2, -0.15) is 0 Å². The number of fused-ring (bicyclic) bond motifs is 1. The highest BCUT2D eigenvalue weighted by atomic mass is 35.5. The number of ether oxygens (including phenoxy) is 1. The number of aromatic nitrogens is 5. The van der Waals surface area contributed by atoms with E-state index in [0.29, 0.717) is 23.1 Å². The Labute approximate surface area is 153 Å². The number of aromatic amines is 1. The molecule has 130 valence electrons. The average Bonchev–Trinajstić information content (AvgIpc) is 3.26. The summed E-state index contributed by atoms with van der Waals surface area (Å²) in [7, 11) is 1.31. The van der Waals surface area contributed by atoms with E-state index in [1.165, 1.54) is 7.11 Å². The lowest BCUT2D eigenvalue weighted by Gasteiger charge is -2.06. The lowest BCUT2D eigenvalue weighted by Crippen LogP contribution is -2.08. The fourth-order valence-corrected chi connectivity index (χ4v) is 2.85. The van der Waals surface area contributed by atoms with Crippen molar-refractivity contribution >= 4 is 28.6 Å². The zero-order chi connectivity index (χ0) is 18.1. The molecule has 2 aromatic carbocycles. The highest BCUT2D eigenvalue weighted by molar-refractivity contribution is 6.30. The van der Waals surface area contributed by atoms with Crippen LogP contribution in [0, 0.1) is 0 Å². The van der Waals surface area contributed by atoms with Crippen molar-refractivity contribution in [3.05, 3.63) is 64.8 Å². The summed E-state index contributed by atoms with van der Waals surface area (Å²) >= 11 is 5.94. The fourth-order valence-electron chi connectivity index (χ4n) is 2.72. The molecule has 4 rings (SSSR count). The predicted molar refractivity (Wildman–Crippen MR) is 97.0 cm³/mol. The van der Waals surface area contributed by atoms with Crippen LogP contribution in [0.2, 0.25) is 5.02 Å². The van der Waals surface area contributed by atoms with Crippen molar-refractivity contribution in [1.82, 2.24) is 25.0 Å². The highest BCUT2D eigenvalue weighted by Gasteiger charge is 2.24. The molecule has 1 N–H and O–H groups in total. The summed E-state index contributed by atoms with van der Waals surface area (Å²) in [5, 5.41) is 8.77. The molecule has 2 heterocycles. The van der Waals surface area contributed by atoms with Crippen LogP contribution in [0.5, 0.6) is 0 Å². The molecule has 0 amide bonds. The Morgan fingerprint density at radius 2 is 1.96 bits per heavy atom. The minimum atomic E-state index is -0.567. The van der Waals surface area contributed by atoms with E-state index >= 15 is 0 Å². The lowest BCUT2D eigenvalue weighted by molar-refractivity contribution is 0.0594. The number of para-hydroxylation sites is 2. The number of carbonyl (C=O) groups excluding carboxylic acids is 1. The van der Waals surface area contributed by atoms with Crippen LogP contribution in [-0.2, 0) is 11.3 Å². The summed E-state index contributed by atoms with van der Waals surface area (Å²) in [6, 6.07) is 15.0. The molecule has 8 heteroatoms. The minimum Gasteiger partial charge on any atom is -0.464 e. The maximum absolute atomic E-state index is 12.1. The number of methoxy groups -OCH3 is 1. The van der Waals surface area contributed by atoms with Gasteiger partial charge >= 0.3 is 5.97 Å². The van der Waals surface area contributed by atoms with Crippen LogP contribution in [0.1, 0.15) is 16.1 Å². The summed E-state index contributed by atoms with van der Waals surface area (Å²) in [4.78, 5) is 19.9. The second kappa shape index (κ2) is 6.61. The Balaban J connectivity index is 1.83. The van der Waals surface area contributed by atoms with Gasteiger partial charge in [0.25, 0.3) is 0 Å². The maximum atomic E-state index is 12.1. The quantitative estimate of drug-likeness (QED) is 0.559. The molecule has 0 bridgehead atoms. The first-order valence-corrected chi connectivity index (χ1v) is 8.25. The molecule has 26 heavy (non-hydrogen) atoms. The second-order valence-corrected chi connectivity index (χ2v) is 6.10. The predicted octanol–water partition coefficient (Wildman–Crippen LogP) is 3.31. The Bertz CT molecular complexity index is 1050. The normalized spacial score (nSPS) is 11.0. The third kappa shape index (κ3) is 2.93. The van der Waals surface area contributed by atoms with Gasteiger partial charge < -0.3 is 9.72 Å². The van der Waals surface area contributed by atoms with Crippen molar-refractivity contribution in [2.75, 3.05) is 7.11 Å². The van der Waals surface area contributed by atoms with Crippen LogP contribution >= 0.6 is 11.6 Å². The molecule has 0 atom stereocenters. The topological polar surface area (TPSA) is 85.7 Å². The number of esters is 1. The zero-order valence-corrected chi connectivity index (χ0v) is 14.6. The molecule has 0 spiro atoms. The number of nitrogens with zero attached hydrogens (tertiary/aromatic N) is 4.